The summed E-state index contributed by atoms with van der Waals surface area (Å²) in [5.74, 6) is 0. The zero-order valence-corrected chi connectivity index (χ0v) is 13.1. The molecule has 1 aromatic rings. The van der Waals surface area contributed by atoms with Crippen LogP contribution in [-0.2, 0) is 10.2 Å². The molecule has 3 heteroatoms. The average Bonchev–Trinajstić information content (AvgIpc) is 2.46. The fourth-order valence-electron chi connectivity index (χ4n) is 3.90. The van der Waals surface area contributed by atoms with Gasteiger partial charge in [-0.2, -0.15) is 5.26 Å². The number of ether oxygens (including phenoxy) is 1. The van der Waals surface area contributed by atoms with E-state index in [9.17, 15) is 5.26 Å². The Morgan fingerprint density at radius 2 is 1.90 bits per heavy atom. The molecule has 0 heterocycles. The highest BCUT2D eigenvalue weighted by molar-refractivity contribution is 5.37. The number of benzene rings is 1. The van der Waals surface area contributed by atoms with Crippen molar-refractivity contribution < 1.29 is 4.74 Å². The Morgan fingerprint density at radius 3 is 2.43 bits per heavy atom. The zero-order chi connectivity index (χ0) is 15.1. The molecule has 1 aromatic carbocycles. The third-order valence-electron chi connectivity index (χ3n) is 5.63. The summed E-state index contributed by atoms with van der Waals surface area (Å²) in [6.07, 6.45) is 3.25. The Kier molecular flexibility index (Phi) is 3.55. The minimum atomic E-state index is -0.284. The molecule has 0 amide bonds. The Balaban J connectivity index is 1.60. The van der Waals surface area contributed by atoms with Gasteiger partial charge in [-0.25, -0.2) is 0 Å². The zero-order valence-electron chi connectivity index (χ0n) is 13.1. The molecule has 0 spiro atoms. The second-order valence-corrected chi connectivity index (χ2v) is 7.17. The Bertz CT molecular complexity index is 540. The first-order chi connectivity index (χ1) is 10.0. The van der Waals surface area contributed by atoms with Crippen molar-refractivity contribution >= 4 is 0 Å². The molecule has 0 bridgehead atoms. The van der Waals surface area contributed by atoms with E-state index in [0.717, 1.165) is 24.8 Å². The summed E-state index contributed by atoms with van der Waals surface area (Å²) >= 11 is 0. The van der Waals surface area contributed by atoms with Crippen LogP contribution in [0, 0.1) is 16.7 Å². The molecule has 2 unspecified atom stereocenters. The van der Waals surface area contributed by atoms with Crippen LogP contribution >= 0.6 is 0 Å². The largest absolute Gasteiger partial charge is 0.381 e. The average molecular weight is 284 g/mol. The summed E-state index contributed by atoms with van der Waals surface area (Å²) in [4.78, 5) is 0. The monoisotopic (exact) mass is 284 g/mol. The molecule has 2 aliphatic carbocycles. The van der Waals surface area contributed by atoms with Crippen molar-refractivity contribution in [3.05, 3.63) is 35.9 Å². The molecule has 0 radical (unpaired) electrons. The van der Waals surface area contributed by atoms with Crippen molar-refractivity contribution in [2.45, 2.75) is 56.7 Å². The van der Waals surface area contributed by atoms with E-state index in [1.807, 2.05) is 18.2 Å². The van der Waals surface area contributed by atoms with Crippen LogP contribution in [0.25, 0.3) is 0 Å². The first kappa shape index (κ1) is 14.6. The highest BCUT2D eigenvalue weighted by atomic mass is 16.5. The van der Waals surface area contributed by atoms with Crippen LogP contribution in [0.3, 0.4) is 0 Å². The predicted octanol–water partition coefficient (Wildman–Crippen LogP) is 3.01. The quantitative estimate of drug-likeness (QED) is 0.924. The normalized spacial score (nSPS) is 37.1. The SMILES string of the molecule is COC1CC(NC2CC(C#N)(c3ccccc3)C2)C1(C)C. The lowest BCUT2D eigenvalue weighted by molar-refractivity contribution is -0.104. The van der Waals surface area contributed by atoms with Crippen molar-refractivity contribution in [3.63, 3.8) is 0 Å². The second-order valence-electron chi connectivity index (χ2n) is 7.17. The van der Waals surface area contributed by atoms with Gasteiger partial charge in [-0.3, -0.25) is 0 Å². The summed E-state index contributed by atoms with van der Waals surface area (Å²) in [6, 6.07) is 13.7. The first-order valence-corrected chi connectivity index (χ1v) is 7.77. The Morgan fingerprint density at radius 1 is 1.24 bits per heavy atom. The van der Waals surface area contributed by atoms with Crippen LogP contribution in [0.1, 0.15) is 38.7 Å². The first-order valence-electron chi connectivity index (χ1n) is 7.77. The molecular weight excluding hydrogens is 260 g/mol. The van der Waals surface area contributed by atoms with Crippen molar-refractivity contribution in [2.75, 3.05) is 7.11 Å². The molecule has 0 saturated heterocycles. The maximum absolute atomic E-state index is 9.60. The lowest BCUT2D eigenvalue weighted by atomic mass is 9.60. The van der Waals surface area contributed by atoms with Crippen LogP contribution in [0.2, 0.25) is 0 Å². The van der Waals surface area contributed by atoms with Gasteiger partial charge in [0.2, 0.25) is 0 Å². The van der Waals surface area contributed by atoms with Crippen molar-refractivity contribution in [3.8, 4) is 6.07 Å². The van der Waals surface area contributed by atoms with Crippen LogP contribution in [0.5, 0.6) is 0 Å². The smallest absolute Gasteiger partial charge is 0.0852 e. The molecule has 112 valence electrons. The topological polar surface area (TPSA) is 45.0 Å². The molecule has 0 aromatic heterocycles. The van der Waals surface area contributed by atoms with E-state index in [1.54, 1.807) is 7.11 Å². The van der Waals surface area contributed by atoms with Gasteiger partial charge < -0.3 is 10.1 Å². The van der Waals surface area contributed by atoms with Gasteiger partial charge in [0.15, 0.2) is 0 Å². The van der Waals surface area contributed by atoms with Gasteiger partial charge in [-0.1, -0.05) is 44.2 Å². The van der Waals surface area contributed by atoms with E-state index in [2.05, 4.69) is 37.4 Å². The van der Waals surface area contributed by atoms with E-state index in [-0.39, 0.29) is 10.8 Å². The minimum absolute atomic E-state index is 0.187. The summed E-state index contributed by atoms with van der Waals surface area (Å²) in [5.41, 5.74) is 1.06. The molecule has 2 atom stereocenters. The molecular formula is C18H24N2O. The molecule has 2 saturated carbocycles. The lowest BCUT2D eigenvalue weighted by Gasteiger charge is -2.55. The van der Waals surface area contributed by atoms with Gasteiger partial charge in [0.1, 0.15) is 0 Å². The Hall–Kier alpha value is -1.37. The van der Waals surface area contributed by atoms with Crippen LogP contribution < -0.4 is 5.32 Å². The van der Waals surface area contributed by atoms with E-state index in [4.69, 9.17) is 4.74 Å². The molecule has 0 aliphatic heterocycles. The van der Waals surface area contributed by atoms with E-state index in [0.29, 0.717) is 18.2 Å². The maximum atomic E-state index is 9.60. The second kappa shape index (κ2) is 5.12. The summed E-state index contributed by atoms with van der Waals surface area (Å²) in [7, 11) is 1.79. The fourth-order valence-corrected chi connectivity index (χ4v) is 3.90. The standard InChI is InChI=1S/C18H24N2O/c1-17(2)15(9-16(17)21-3)20-14-10-18(11-14,12-19)13-7-5-4-6-8-13/h4-8,14-16,20H,9-11H2,1-3H3. The van der Waals surface area contributed by atoms with Gasteiger partial charge in [0, 0.05) is 24.6 Å². The van der Waals surface area contributed by atoms with Crippen molar-refractivity contribution in [1.82, 2.24) is 5.32 Å². The summed E-state index contributed by atoms with van der Waals surface area (Å²) in [5, 5.41) is 13.3. The van der Waals surface area contributed by atoms with Gasteiger partial charge >= 0.3 is 0 Å². The van der Waals surface area contributed by atoms with Crippen molar-refractivity contribution in [2.24, 2.45) is 5.41 Å². The van der Waals surface area contributed by atoms with Gasteiger partial charge in [-0.05, 0) is 24.8 Å². The molecule has 2 fully saturated rings. The van der Waals surface area contributed by atoms with Crippen LogP contribution in [0.4, 0.5) is 0 Å². The van der Waals surface area contributed by atoms with Crippen molar-refractivity contribution in [1.29, 1.82) is 5.26 Å². The van der Waals surface area contributed by atoms with Gasteiger partial charge in [-0.15, -0.1) is 0 Å². The number of nitrogens with zero attached hydrogens (tertiary/aromatic N) is 1. The van der Waals surface area contributed by atoms with E-state index >= 15 is 0 Å². The number of rotatable bonds is 4. The Labute approximate surface area is 127 Å². The molecule has 21 heavy (non-hydrogen) atoms. The maximum Gasteiger partial charge on any atom is 0.0852 e. The fraction of sp³-hybridized carbons (Fsp3) is 0.611. The highest BCUT2D eigenvalue weighted by Crippen LogP contribution is 2.47. The van der Waals surface area contributed by atoms with Crippen LogP contribution in [0.15, 0.2) is 30.3 Å². The number of nitrogens with one attached hydrogen (secondary N) is 1. The van der Waals surface area contributed by atoms with E-state index in [1.165, 1.54) is 0 Å². The number of hydrogen-bond acceptors (Lipinski definition) is 3. The molecule has 1 N–H and O–H groups in total. The highest BCUT2D eigenvalue weighted by Gasteiger charge is 2.52. The third-order valence-corrected chi connectivity index (χ3v) is 5.63. The summed E-state index contributed by atoms with van der Waals surface area (Å²) in [6.45, 7) is 4.52. The van der Waals surface area contributed by atoms with Crippen LogP contribution in [-0.4, -0.2) is 25.3 Å². The van der Waals surface area contributed by atoms with E-state index < -0.39 is 0 Å². The van der Waals surface area contributed by atoms with Gasteiger partial charge in [0.25, 0.3) is 0 Å². The molecule has 3 rings (SSSR count). The number of methoxy groups -OCH3 is 1. The molecule has 3 nitrogen and oxygen atoms in total. The predicted molar refractivity (Wildman–Crippen MR) is 82.9 cm³/mol. The third kappa shape index (κ3) is 2.27. The minimum Gasteiger partial charge on any atom is -0.381 e. The summed E-state index contributed by atoms with van der Waals surface area (Å²) < 4.78 is 5.50. The number of hydrogen-bond donors (Lipinski definition) is 1. The number of nitriles is 1. The molecule has 2 aliphatic rings. The lowest BCUT2D eigenvalue weighted by Crippen LogP contribution is -2.65. The van der Waals surface area contributed by atoms with Gasteiger partial charge in [0.05, 0.1) is 17.6 Å².